The lowest BCUT2D eigenvalue weighted by Gasteiger charge is -2.37. The molecule has 3 aliphatic rings. The molecule has 1 amide bonds. The molecule has 2 aliphatic heterocycles. The second-order valence-corrected chi connectivity index (χ2v) is 7.12. The van der Waals surface area contributed by atoms with E-state index in [0.29, 0.717) is 17.9 Å². The van der Waals surface area contributed by atoms with Gasteiger partial charge in [-0.3, -0.25) is 14.6 Å². The summed E-state index contributed by atoms with van der Waals surface area (Å²) >= 11 is 0. The first-order valence-electron chi connectivity index (χ1n) is 8.63. The van der Waals surface area contributed by atoms with Crippen molar-refractivity contribution in [3.05, 3.63) is 0 Å². The highest BCUT2D eigenvalue weighted by atomic mass is 16.5. The van der Waals surface area contributed by atoms with Gasteiger partial charge < -0.3 is 15.0 Å². The average molecular weight is 310 g/mol. The normalized spacial score (nSPS) is 26.1. The van der Waals surface area contributed by atoms with Crippen LogP contribution in [0, 0.1) is 5.41 Å². The second kappa shape index (κ2) is 7.25. The Labute approximate surface area is 133 Å². The number of ether oxygens (including phenoxy) is 1. The summed E-state index contributed by atoms with van der Waals surface area (Å²) in [7, 11) is 1.80. The van der Waals surface area contributed by atoms with E-state index in [2.05, 4.69) is 20.0 Å². The average Bonchev–Trinajstić information content (AvgIpc) is 3.28. The molecule has 0 radical (unpaired) electrons. The third-order valence-corrected chi connectivity index (χ3v) is 5.26. The largest absolute Gasteiger partial charge is 0.384 e. The van der Waals surface area contributed by atoms with Crippen LogP contribution in [0.4, 0.5) is 0 Å². The van der Waals surface area contributed by atoms with Gasteiger partial charge in [-0.15, -0.1) is 0 Å². The van der Waals surface area contributed by atoms with Crippen molar-refractivity contribution in [2.45, 2.75) is 12.8 Å². The van der Waals surface area contributed by atoms with Gasteiger partial charge in [-0.2, -0.15) is 0 Å². The molecule has 0 aromatic carbocycles. The number of carbonyl (C=O) groups excluding carboxylic acids is 1. The first-order chi connectivity index (χ1) is 10.7. The van der Waals surface area contributed by atoms with Gasteiger partial charge in [0.25, 0.3) is 0 Å². The Morgan fingerprint density at radius 3 is 2.32 bits per heavy atom. The zero-order chi connectivity index (χ0) is 15.4. The Hall–Kier alpha value is -0.690. The molecule has 0 atom stereocenters. The van der Waals surface area contributed by atoms with Crippen LogP contribution in [0.3, 0.4) is 0 Å². The zero-order valence-corrected chi connectivity index (χ0v) is 13.9. The van der Waals surface area contributed by atoms with Crippen molar-refractivity contribution in [2.75, 3.05) is 79.2 Å². The summed E-state index contributed by atoms with van der Waals surface area (Å²) in [5.74, 6) is 0.305. The minimum atomic E-state index is 0.305. The highest BCUT2D eigenvalue weighted by Crippen LogP contribution is 2.46. The van der Waals surface area contributed by atoms with Gasteiger partial charge in [-0.05, 0) is 12.8 Å². The van der Waals surface area contributed by atoms with Crippen molar-refractivity contribution < 1.29 is 9.53 Å². The van der Waals surface area contributed by atoms with Gasteiger partial charge in [0, 0.05) is 71.4 Å². The van der Waals surface area contributed by atoms with E-state index in [1.165, 1.54) is 12.8 Å². The van der Waals surface area contributed by atoms with E-state index in [1.807, 2.05) is 0 Å². The Morgan fingerprint density at radius 2 is 1.73 bits per heavy atom. The molecule has 3 fully saturated rings. The monoisotopic (exact) mass is 310 g/mol. The number of piperazine rings is 2. The van der Waals surface area contributed by atoms with Gasteiger partial charge in [0.1, 0.15) is 0 Å². The van der Waals surface area contributed by atoms with Crippen LogP contribution >= 0.6 is 0 Å². The molecule has 1 N–H and O–H groups in total. The summed E-state index contributed by atoms with van der Waals surface area (Å²) < 4.78 is 5.35. The number of nitrogens with zero attached hydrogens (tertiary/aromatic N) is 3. The number of nitrogens with one attached hydrogen (secondary N) is 1. The molecular formula is C16H30N4O2. The highest BCUT2D eigenvalue weighted by molar-refractivity contribution is 5.78. The predicted octanol–water partition coefficient (Wildman–Crippen LogP) is -0.538. The molecular weight excluding hydrogens is 280 g/mol. The van der Waals surface area contributed by atoms with E-state index in [4.69, 9.17) is 4.74 Å². The maximum atomic E-state index is 12.4. The summed E-state index contributed by atoms with van der Waals surface area (Å²) in [5, 5.41) is 3.33. The lowest BCUT2D eigenvalue weighted by molar-refractivity contribution is -0.134. The van der Waals surface area contributed by atoms with E-state index < -0.39 is 0 Å². The third-order valence-electron chi connectivity index (χ3n) is 5.26. The maximum absolute atomic E-state index is 12.4. The highest BCUT2D eigenvalue weighted by Gasteiger charge is 2.44. The molecule has 1 saturated carbocycles. The Morgan fingerprint density at radius 1 is 1.05 bits per heavy atom. The molecule has 0 aromatic rings. The number of rotatable bonds is 6. The summed E-state index contributed by atoms with van der Waals surface area (Å²) in [5.41, 5.74) is 0.418. The Balaban J connectivity index is 1.38. The molecule has 22 heavy (non-hydrogen) atoms. The quantitative estimate of drug-likeness (QED) is 0.714. The summed E-state index contributed by atoms with van der Waals surface area (Å²) in [6.07, 6.45) is 2.59. The van der Waals surface area contributed by atoms with E-state index in [-0.39, 0.29) is 0 Å². The first kappa shape index (κ1) is 16.2. The number of hydrogen-bond acceptors (Lipinski definition) is 5. The molecule has 3 rings (SSSR count). The smallest absolute Gasteiger partial charge is 0.236 e. The van der Waals surface area contributed by atoms with Crippen LogP contribution in [0.15, 0.2) is 0 Å². The zero-order valence-electron chi connectivity index (χ0n) is 13.9. The fraction of sp³-hybridized carbons (Fsp3) is 0.938. The number of amides is 1. The lowest BCUT2D eigenvalue weighted by atomic mass is 10.1. The minimum Gasteiger partial charge on any atom is -0.384 e. The van der Waals surface area contributed by atoms with E-state index >= 15 is 0 Å². The summed E-state index contributed by atoms with van der Waals surface area (Å²) in [6.45, 7) is 10.4. The fourth-order valence-electron chi connectivity index (χ4n) is 3.62. The van der Waals surface area contributed by atoms with Crippen molar-refractivity contribution in [1.82, 2.24) is 20.0 Å². The Bertz CT molecular complexity index is 372. The van der Waals surface area contributed by atoms with Crippen molar-refractivity contribution in [2.24, 2.45) is 5.41 Å². The van der Waals surface area contributed by atoms with Gasteiger partial charge in [-0.1, -0.05) is 0 Å². The van der Waals surface area contributed by atoms with Gasteiger partial charge >= 0.3 is 0 Å². The molecule has 2 heterocycles. The minimum absolute atomic E-state index is 0.305. The van der Waals surface area contributed by atoms with Gasteiger partial charge in [0.15, 0.2) is 0 Å². The van der Waals surface area contributed by atoms with Crippen LogP contribution in [0.1, 0.15) is 12.8 Å². The molecule has 0 unspecified atom stereocenters. The van der Waals surface area contributed by atoms with Crippen LogP contribution in [-0.4, -0.2) is 99.8 Å². The summed E-state index contributed by atoms with van der Waals surface area (Å²) in [4.78, 5) is 19.2. The number of hydrogen-bond donors (Lipinski definition) is 1. The molecule has 0 aromatic heterocycles. The van der Waals surface area contributed by atoms with Gasteiger partial charge in [-0.25, -0.2) is 0 Å². The second-order valence-electron chi connectivity index (χ2n) is 7.12. The lowest BCUT2D eigenvalue weighted by Crippen LogP contribution is -2.54. The van der Waals surface area contributed by atoms with E-state index in [0.717, 1.165) is 65.5 Å². The van der Waals surface area contributed by atoms with Crippen LogP contribution in [-0.2, 0) is 9.53 Å². The van der Waals surface area contributed by atoms with Crippen molar-refractivity contribution in [3.8, 4) is 0 Å². The third kappa shape index (κ3) is 4.19. The molecule has 0 spiro atoms. The topological polar surface area (TPSA) is 48.1 Å². The van der Waals surface area contributed by atoms with Crippen molar-refractivity contribution >= 4 is 5.91 Å². The Kier molecular flexibility index (Phi) is 5.33. The number of carbonyl (C=O) groups is 1. The number of methoxy groups -OCH3 is 1. The van der Waals surface area contributed by atoms with Crippen LogP contribution in [0.25, 0.3) is 0 Å². The maximum Gasteiger partial charge on any atom is 0.236 e. The summed E-state index contributed by atoms with van der Waals surface area (Å²) in [6, 6.07) is 0. The van der Waals surface area contributed by atoms with E-state index in [1.54, 1.807) is 7.11 Å². The molecule has 126 valence electrons. The van der Waals surface area contributed by atoms with Crippen molar-refractivity contribution in [1.29, 1.82) is 0 Å². The fourth-order valence-corrected chi connectivity index (χ4v) is 3.62. The van der Waals surface area contributed by atoms with Gasteiger partial charge in [0.05, 0.1) is 13.2 Å². The molecule has 2 saturated heterocycles. The SMILES string of the molecule is COCC1(CN2CCN(C(=O)CN3CCNCC3)CC2)CC1. The first-order valence-corrected chi connectivity index (χ1v) is 8.63. The van der Waals surface area contributed by atoms with Crippen LogP contribution < -0.4 is 5.32 Å². The van der Waals surface area contributed by atoms with Crippen molar-refractivity contribution in [3.63, 3.8) is 0 Å². The predicted molar refractivity (Wildman–Crippen MR) is 85.9 cm³/mol. The molecule has 0 bridgehead atoms. The molecule has 1 aliphatic carbocycles. The standard InChI is InChI=1S/C16H30N4O2/c1-22-14-16(2-3-16)13-19-8-10-20(11-9-19)15(21)12-18-6-4-17-5-7-18/h17H,2-14H2,1H3. The molecule has 6 nitrogen and oxygen atoms in total. The molecule has 6 heteroatoms. The van der Waals surface area contributed by atoms with E-state index in [9.17, 15) is 4.79 Å². The van der Waals surface area contributed by atoms with Crippen LogP contribution in [0.2, 0.25) is 0 Å². The van der Waals surface area contributed by atoms with Gasteiger partial charge in [0.2, 0.25) is 5.91 Å². The van der Waals surface area contributed by atoms with Crippen LogP contribution in [0.5, 0.6) is 0 Å².